The van der Waals surface area contributed by atoms with Gasteiger partial charge < -0.3 is 9.84 Å². The Balaban J connectivity index is 2.01. The van der Waals surface area contributed by atoms with Crippen molar-refractivity contribution in [2.24, 2.45) is 0 Å². The maximum absolute atomic E-state index is 10.6. The third-order valence-corrected chi connectivity index (χ3v) is 3.59. The van der Waals surface area contributed by atoms with Crippen molar-refractivity contribution < 1.29 is 9.84 Å². The lowest BCUT2D eigenvalue weighted by molar-refractivity contribution is 0.208. The van der Waals surface area contributed by atoms with E-state index in [-0.39, 0.29) is 0 Å². The van der Waals surface area contributed by atoms with Gasteiger partial charge in [-0.25, -0.2) is 0 Å². The lowest BCUT2D eigenvalue weighted by Gasteiger charge is -2.17. The number of pyridine rings is 1. The summed E-state index contributed by atoms with van der Waals surface area (Å²) in [7, 11) is 1.60. The van der Waals surface area contributed by atoms with Crippen LogP contribution in [0.25, 0.3) is 0 Å². The zero-order chi connectivity index (χ0) is 13.2. The van der Waals surface area contributed by atoms with E-state index in [9.17, 15) is 5.11 Å². The van der Waals surface area contributed by atoms with Gasteiger partial charge in [0.2, 0.25) is 0 Å². The molecule has 19 heavy (non-hydrogen) atoms. The van der Waals surface area contributed by atoms with E-state index in [4.69, 9.17) is 4.74 Å². The molecule has 2 aromatic rings. The van der Waals surface area contributed by atoms with E-state index in [1.807, 2.05) is 30.3 Å². The van der Waals surface area contributed by atoms with Gasteiger partial charge in [-0.05, 0) is 42.0 Å². The van der Waals surface area contributed by atoms with E-state index >= 15 is 0 Å². The molecule has 1 aliphatic carbocycles. The first-order valence-electron chi connectivity index (χ1n) is 6.57. The van der Waals surface area contributed by atoms with Crippen LogP contribution < -0.4 is 4.74 Å². The number of methoxy groups -OCH3 is 1. The third-order valence-electron chi connectivity index (χ3n) is 3.59. The van der Waals surface area contributed by atoms with Gasteiger partial charge in [0.15, 0.2) is 0 Å². The molecular weight excluding hydrogens is 238 g/mol. The minimum absolute atomic E-state index is 0.582. The Hall–Kier alpha value is -1.87. The van der Waals surface area contributed by atoms with Crippen LogP contribution in [0, 0.1) is 0 Å². The molecule has 0 amide bonds. The monoisotopic (exact) mass is 255 g/mol. The molecule has 1 N–H and O–H groups in total. The summed E-state index contributed by atoms with van der Waals surface area (Å²) < 4.78 is 5.28. The van der Waals surface area contributed by atoms with Crippen molar-refractivity contribution in [3.05, 3.63) is 59.4 Å². The Kier molecular flexibility index (Phi) is 3.22. The summed E-state index contributed by atoms with van der Waals surface area (Å²) in [6, 6.07) is 11.7. The van der Waals surface area contributed by atoms with Crippen molar-refractivity contribution in [1.82, 2.24) is 4.98 Å². The average Bonchev–Trinajstić information content (AvgIpc) is 3.31. The maximum Gasteiger partial charge on any atom is 0.143 e. The molecule has 0 bridgehead atoms. The fourth-order valence-corrected chi connectivity index (χ4v) is 2.45. The SMILES string of the molecule is COc1cccnc1C(O)c1ccccc1C1CC1. The van der Waals surface area contributed by atoms with Crippen LogP contribution in [0.1, 0.15) is 41.7 Å². The van der Waals surface area contributed by atoms with Crippen molar-refractivity contribution in [3.8, 4) is 5.75 Å². The van der Waals surface area contributed by atoms with E-state index < -0.39 is 6.10 Å². The van der Waals surface area contributed by atoms with Crippen molar-refractivity contribution in [2.45, 2.75) is 24.9 Å². The Morgan fingerprint density at radius 1 is 1.21 bits per heavy atom. The highest BCUT2D eigenvalue weighted by Crippen LogP contribution is 2.44. The van der Waals surface area contributed by atoms with Gasteiger partial charge in [0.1, 0.15) is 17.5 Å². The molecule has 0 aliphatic heterocycles. The minimum atomic E-state index is -0.729. The van der Waals surface area contributed by atoms with E-state index in [0.717, 1.165) is 5.56 Å². The summed E-state index contributed by atoms with van der Waals surface area (Å²) in [5.74, 6) is 1.22. The summed E-state index contributed by atoms with van der Waals surface area (Å²) in [5, 5.41) is 10.6. The number of aromatic nitrogens is 1. The van der Waals surface area contributed by atoms with Gasteiger partial charge in [-0.15, -0.1) is 0 Å². The van der Waals surface area contributed by atoms with Crippen molar-refractivity contribution in [2.75, 3.05) is 7.11 Å². The molecule has 1 aliphatic rings. The van der Waals surface area contributed by atoms with Crippen LogP contribution in [-0.2, 0) is 0 Å². The minimum Gasteiger partial charge on any atom is -0.495 e. The summed E-state index contributed by atoms with van der Waals surface area (Å²) in [5.41, 5.74) is 2.77. The average molecular weight is 255 g/mol. The Morgan fingerprint density at radius 2 is 2.00 bits per heavy atom. The molecular formula is C16H17NO2. The first kappa shape index (κ1) is 12.2. The number of nitrogens with zero attached hydrogens (tertiary/aromatic N) is 1. The number of hydrogen-bond donors (Lipinski definition) is 1. The predicted octanol–water partition coefficient (Wildman–Crippen LogP) is 3.05. The van der Waals surface area contributed by atoms with Gasteiger partial charge in [0.05, 0.1) is 7.11 Å². The predicted molar refractivity (Wildman–Crippen MR) is 73.3 cm³/mol. The van der Waals surface area contributed by atoms with Crippen molar-refractivity contribution in [1.29, 1.82) is 0 Å². The van der Waals surface area contributed by atoms with E-state index in [2.05, 4.69) is 11.1 Å². The highest BCUT2D eigenvalue weighted by Gasteiger charge is 2.29. The van der Waals surface area contributed by atoms with E-state index in [1.54, 1.807) is 13.3 Å². The molecule has 1 fully saturated rings. The Morgan fingerprint density at radius 3 is 2.74 bits per heavy atom. The molecule has 3 heteroatoms. The van der Waals surface area contributed by atoms with Crippen LogP contribution in [0.3, 0.4) is 0 Å². The second-order valence-corrected chi connectivity index (χ2v) is 4.90. The first-order valence-corrected chi connectivity index (χ1v) is 6.57. The zero-order valence-corrected chi connectivity index (χ0v) is 10.9. The number of aliphatic hydroxyl groups is 1. The van der Waals surface area contributed by atoms with Gasteiger partial charge in [-0.2, -0.15) is 0 Å². The van der Waals surface area contributed by atoms with Crippen LogP contribution >= 0.6 is 0 Å². The van der Waals surface area contributed by atoms with Gasteiger partial charge in [-0.1, -0.05) is 24.3 Å². The lowest BCUT2D eigenvalue weighted by Crippen LogP contribution is -2.07. The first-order chi connectivity index (χ1) is 9.31. The fraction of sp³-hybridized carbons (Fsp3) is 0.312. The number of benzene rings is 1. The molecule has 1 saturated carbocycles. The van der Waals surface area contributed by atoms with Crippen LogP contribution in [0.5, 0.6) is 5.75 Å². The molecule has 0 radical (unpaired) electrons. The van der Waals surface area contributed by atoms with Crippen LogP contribution in [-0.4, -0.2) is 17.2 Å². The molecule has 0 saturated heterocycles. The van der Waals surface area contributed by atoms with Crippen LogP contribution in [0.4, 0.5) is 0 Å². The lowest BCUT2D eigenvalue weighted by atomic mass is 9.96. The maximum atomic E-state index is 10.6. The normalized spacial score (nSPS) is 16.1. The highest BCUT2D eigenvalue weighted by molar-refractivity contribution is 5.41. The topological polar surface area (TPSA) is 42.4 Å². The van der Waals surface area contributed by atoms with E-state index in [1.165, 1.54) is 18.4 Å². The van der Waals surface area contributed by atoms with Gasteiger partial charge in [0.25, 0.3) is 0 Å². The van der Waals surface area contributed by atoms with Gasteiger partial charge >= 0.3 is 0 Å². The smallest absolute Gasteiger partial charge is 0.143 e. The number of ether oxygens (including phenoxy) is 1. The standard InChI is InChI=1S/C16H17NO2/c1-19-14-7-4-10-17-15(14)16(18)13-6-3-2-5-12(13)11-8-9-11/h2-7,10-11,16,18H,8-9H2,1H3. The van der Waals surface area contributed by atoms with E-state index in [0.29, 0.717) is 17.4 Å². The summed E-state index contributed by atoms with van der Waals surface area (Å²) in [4.78, 5) is 4.27. The van der Waals surface area contributed by atoms with Crippen molar-refractivity contribution in [3.63, 3.8) is 0 Å². The quantitative estimate of drug-likeness (QED) is 0.913. The van der Waals surface area contributed by atoms with Gasteiger partial charge in [0, 0.05) is 6.20 Å². The largest absolute Gasteiger partial charge is 0.495 e. The van der Waals surface area contributed by atoms with Crippen LogP contribution in [0.2, 0.25) is 0 Å². The van der Waals surface area contributed by atoms with Crippen molar-refractivity contribution >= 4 is 0 Å². The number of hydrogen-bond acceptors (Lipinski definition) is 3. The summed E-state index contributed by atoms with van der Waals surface area (Å²) in [6.07, 6.45) is 3.38. The molecule has 0 spiro atoms. The zero-order valence-electron chi connectivity index (χ0n) is 10.9. The molecule has 1 unspecified atom stereocenters. The highest BCUT2D eigenvalue weighted by atomic mass is 16.5. The van der Waals surface area contributed by atoms with Gasteiger partial charge in [-0.3, -0.25) is 4.98 Å². The Labute approximate surface area is 112 Å². The molecule has 1 atom stereocenters. The number of rotatable bonds is 4. The molecule has 1 heterocycles. The molecule has 98 valence electrons. The summed E-state index contributed by atoms with van der Waals surface area (Å²) >= 11 is 0. The molecule has 1 aromatic heterocycles. The number of aliphatic hydroxyl groups excluding tert-OH is 1. The fourth-order valence-electron chi connectivity index (χ4n) is 2.45. The second kappa shape index (κ2) is 5.02. The molecule has 3 rings (SSSR count). The second-order valence-electron chi connectivity index (χ2n) is 4.90. The van der Waals surface area contributed by atoms with Crippen LogP contribution in [0.15, 0.2) is 42.6 Å². The summed E-state index contributed by atoms with van der Waals surface area (Å²) in [6.45, 7) is 0. The molecule has 1 aromatic carbocycles. The molecule has 3 nitrogen and oxygen atoms in total. The third kappa shape index (κ3) is 2.34. The Bertz CT molecular complexity index is 578.